The number of carbonyl (C=O) groups is 1. The first-order valence-electron chi connectivity index (χ1n) is 4.07. The Bertz CT molecular complexity index is 196. The normalized spacial score (nSPS) is 12.7. The third-order valence-corrected chi connectivity index (χ3v) is 1.05. The van der Waals surface area contributed by atoms with Crippen molar-refractivity contribution < 1.29 is 4.79 Å². The smallest absolute Gasteiger partial charge is 0.244 e. The molecule has 0 aromatic rings. The van der Waals surface area contributed by atoms with Crippen LogP contribution in [-0.4, -0.2) is 11.4 Å². The molecule has 0 fully saturated rings. The summed E-state index contributed by atoms with van der Waals surface area (Å²) in [4.78, 5) is 11.1. The van der Waals surface area contributed by atoms with Crippen LogP contribution in [0.4, 0.5) is 0 Å². The summed E-state index contributed by atoms with van der Waals surface area (Å²) >= 11 is 0. The van der Waals surface area contributed by atoms with Gasteiger partial charge in [-0.15, -0.1) is 0 Å². The number of carbonyl (C=O) groups excluding carboxylic acids is 1. The summed E-state index contributed by atoms with van der Waals surface area (Å²) in [5.74, 6) is -0.0550. The van der Waals surface area contributed by atoms with Gasteiger partial charge in [0.05, 0.1) is 0 Å². The fourth-order valence-electron chi connectivity index (χ4n) is 0.665. The van der Waals surface area contributed by atoms with Crippen LogP contribution in [0, 0.1) is 0 Å². The molecule has 0 saturated heterocycles. The predicted molar refractivity (Wildman–Crippen MR) is 51.8 cm³/mol. The van der Waals surface area contributed by atoms with Crippen LogP contribution < -0.4 is 5.32 Å². The van der Waals surface area contributed by atoms with E-state index in [1.165, 1.54) is 6.08 Å². The molecular formula is C10H17NO. The van der Waals surface area contributed by atoms with Crippen molar-refractivity contribution in [3.05, 3.63) is 24.3 Å². The maximum absolute atomic E-state index is 11.1. The third-order valence-electron chi connectivity index (χ3n) is 1.05. The largest absolute Gasteiger partial charge is 0.348 e. The maximum Gasteiger partial charge on any atom is 0.244 e. The van der Waals surface area contributed by atoms with Crippen molar-refractivity contribution in [2.75, 3.05) is 0 Å². The molecular weight excluding hydrogens is 150 g/mol. The monoisotopic (exact) mass is 167 g/mol. The number of rotatable bonds is 2. The highest BCUT2D eigenvalue weighted by Gasteiger charge is 2.10. The topological polar surface area (TPSA) is 29.1 Å². The summed E-state index contributed by atoms with van der Waals surface area (Å²) in [5, 5.41) is 2.82. The number of amides is 1. The van der Waals surface area contributed by atoms with Crippen LogP contribution >= 0.6 is 0 Å². The second-order valence-corrected chi connectivity index (χ2v) is 3.62. The summed E-state index contributed by atoms with van der Waals surface area (Å²) in [7, 11) is 0. The van der Waals surface area contributed by atoms with E-state index in [4.69, 9.17) is 0 Å². The van der Waals surface area contributed by atoms with Gasteiger partial charge in [0.2, 0.25) is 5.91 Å². The van der Waals surface area contributed by atoms with Gasteiger partial charge in [0.1, 0.15) is 0 Å². The average Bonchev–Trinajstić information content (AvgIpc) is 1.84. The quantitative estimate of drug-likeness (QED) is 0.495. The molecule has 68 valence electrons. The highest BCUT2D eigenvalue weighted by molar-refractivity contribution is 5.88. The molecule has 0 aliphatic carbocycles. The lowest BCUT2D eigenvalue weighted by molar-refractivity contribution is -0.117. The van der Waals surface area contributed by atoms with Crippen molar-refractivity contribution in [1.82, 2.24) is 5.32 Å². The molecule has 0 heterocycles. The molecule has 0 unspecified atom stereocenters. The van der Waals surface area contributed by atoms with E-state index in [0.717, 1.165) is 0 Å². The van der Waals surface area contributed by atoms with Gasteiger partial charge in [-0.25, -0.2) is 0 Å². The average molecular weight is 167 g/mol. The molecule has 0 radical (unpaired) electrons. The first-order valence-corrected chi connectivity index (χ1v) is 4.07. The Morgan fingerprint density at radius 2 is 1.83 bits per heavy atom. The van der Waals surface area contributed by atoms with Gasteiger partial charge in [-0.3, -0.25) is 4.79 Å². The van der Waals surface area contributed by atoms with Crippen molar-refractivity contribution in [1.29, 1.82) is 0 Å². The minimum Gasteiger partial charge on any atom is -0.348 e. The molecule has 0 bridgehead atoms. The van der Waals surface area contributed by atoms with Crippen LogP contribution in [0.15, 0.2) is 24.3 Å². The lowest BCUT2D eigenvalue weighted by atomic mass is 10.1. The van der Waals surface area contributed by atoms with Crippen LogP contribution in [0.3, 0.4) is 0 Å². The second kappa shape index (κ2) is 4.75. The van der Waals surface area contributed by atoms with Crippen LogP contribution in [0.5, 0.6) is 0 Å². The summed E-state index contributed by atoms with van der Waals surface area (Å²) in [6.45, 7) is 7.77. The summed E-state index contributed by atoms with van der Waals surface area (Å²) in [5.41, 5.74) is -0.155. The van der Waals surface area contributed by atoms with E-state index in [1.54, 1.807) is 6.08 Å². The zero-order chi connectivity index (χ0) is 9.61. The fourth-order valence-corrected chi connectivity index (χ4v) is 0.665. The van der Waals surface area contributed by atoms with Crippen molar-refractivity contribution in [2.24, 2.45) is 0 Å². The standard InChI is InChI=1S/C10H17NO/c1-5-6-7-8-9(12)11-10(2,3)4/h5-8H,1-4H3,(H,11,12)/b6-5+,8-7+. The van der Waals surface area contributed by atoms with E-state index >= 15 is 0 Å². The van der Waals surface area contributed by atoms with Crippen molar-refractivity contribution in [2.45, 2.75) is 33.2 Å². The first kappa shape index (κ1) is 11.0. The lowest BCUT2D eigenvalue weighted by Crippen LogP contribution is -2.39. The lowest BCUT2D eigenvalue weighted by Gasteiger charge is -2.18. The molecule has 1 amide bonds. The Morgan fingerprint density at radius 3 is 2.25 bits per heavy atom. The van der Waals surface area contributed by atoms with E-state index in [2.05, 4.69) is 5.32 Å². The number of hydrogen-bond acceptors (Lipinski definition) is 1. The molecule has 0 atom stereocenters. The van der Waals surface area contributed by atoms with E-state index in [0.29, 0.717) is 0 Å². The van der Waals surface area contributed by atoms with E-state index in [9.17, 15) is 4.79 Å². The Morgan fingerprint density at radius 1 is 1.25 bits per heavy atom. The van der Waals surface area contributed by atoms with E-state index in [1.807, 2.05) is 39.8 Å². The van der Waals surface area contributed by atoms with Crippen LogP contribution in [0.25, 0.3) is 0 Å². The SMILES string of the molecule is C/C=C/C=C/C(=O)NC(C)(C)C. The zero-order valence-electron chi connectivity index (χ0n) is 8.22. The molecule has 0 aliphatic rings. The Kier molecular flexibility index (Phi) is 4.34. The Balaban J connectivity index is 3.91. The fraction of sp³-hybridized carbons (Fsp3) is 0.500. The van der Waals surface area contributed by atoms with Gasteiger partial charge in [0.25, 0.3) is 0 Å². The van der Waals surface area contributed by atoms with Gasteiger partial charge in [-0.05, 0) is 27.7 Å². The molecule has 0 spiro atoms. The highest BCUT2D eigenvalue weighted by Crippen LogP contribution is 1.97. The summed E-state index contributed by atoms with van der Waals surface area (Å²) < 4.78 is 0. The van der Waals surface area contributed by atoms with Gasteiger partial charge >= 0.3 is 0 Å². The molecule has 0 saturated carbocycles. The van der Waals surface area contributed by atoms with Gasteiger partial charge in [0, 0.05) is 11.6 Å². The predicted octanol–water partition coefficient (Wildman–Crippen LogP) is 2.03. The minimum absolute atomic E-state index is 0.0550. The first-order chi connectivity index (χ1) is 5.45. The number of allylic oxidation sites excluding steroid dienone is 3. The zero-order valence-corrected chi connectivity index (χ0v) is 8.22. The van der Waals surface area contributed by atoms with Crippen molar-refractivity contribution in [3.8, 4) is 0 Å². The molecule has 1 N–H and O–H groups in total. The highest BCUT2D eigenvalue weighted by atomic mass is 16.1. The molecule has 0 rings (SSSR count). The Labute approximate surface area is 74.4 Å². The molecule has 0 aromatic carbocycles. The van der Waals surface area contributed by atoms with E-state index in [-0.39, 0.29) is 11.4 Å². The van der Waals surface area contributed by atoms with Crippen molar-refractivity contribution >= 4 is 5.91 Å². The second-order valence-electron chi connectivity index (χ2n) is 3.62. The molecule has 12 heavy (non-hydrogen) atoms. The van der Waals surface area contributed by atoms with Gasteiger partial charge in [-0.2, -0.15) is 0 Å². The molecule has 0 aliphatic heterocycles. The number of nitrogens with one attached hydrogen (secondary N) is 1. The van der Waals surface area contributed by atoms with E-state index < -0.39 is 0 Å². The molecule has 2 heteroatoms. The van der Waals surface area contributed by atoms with Gasteiger partial charge in [0.15, 0.2) is 0 Å². The summed E-state index contributed by atoms with van der Waals surface area (Å²) in [6, 6.07) is 0. The minimum atomic E-state index is -0.155. The van der Waals surface area contributed by atoms with Crippen molar-refractivity contribution in [3.63, 3.8) is 0 Å². The van der Waals surface area contributed by atoms with Crippen LogP contribution in [0.1, 0.15) is 27.7 Å². The third kappa shape index (κ3) is 7.06. The number of hydrogen-bond donors (Lipinski definition) is 1. The Hall–Kier alpha value is -1.05. The van der Waals surface area contributed by atoms with Crippen LogP contribution in [-0.2, 0) is 4.79 Å². The van der Waals surface area contributed by atoms with Crippen LogP contribution in [0.2, 0.25) is 0 Å². The molecule has 2 nitrogen and oxygen atoms in total. The van der Waals surface area contributed by atoms with Gasteiger partial charge in [-0.1, -0.05) is 18.2 Å². The summed E-state index contributed by atoms with van der Waals surface area (Å²) in [6.07, 6.45) is 6.94. The maximum atomic E-state index is 11.1. The van der Waals surface area contributed by atoms with Gasteiger partial charge < -0.3 is 5.32 Å². The molecule has 0 aromatic heterocycles.